The van der Waals surface area contributed by atoms with Crippen LogP contribution in [0.1, 0.15) is 27.0 Å². The Kier molecular flexibility index (Phi) is 7.68. The minimum Gasteiger partial charge on any atom is -0.452 e. The molecule has 0 bridgehead atoms. The molecule has 0 aliphatic rings. The topological polar surface area (TPSA) is 92.8 Å². The van der Waals surface area contributed by atoms with E-state index in [9.17, 15) is 22.4 Å². The van der Waals surface area contributed by atoms with Crippen LogP contribution < -0.4 is 4.72 Å². The fourth-order valence-electron chi connectivity index (χ4n) is 3.31. The van der Waals surface area contributed by atoms with Crippen LogP contribution in [0.15, 0.2) is 71.6 Å². The van der Waals surface area contributed by atoms with Crippen molar-refractivity contribution in [1.29, 1.82) is 0 Å². The molecule has 3 rings (SSSR count). The molecular weight excluding hydrogens is 459 g/mol. The molecular formula is C25H25FN2O5S. The van der Waals surface area contributed by atoms with Crippen LogP contribution in [-0.4, -0.2) is 38.8 Å². The summed E-state index contributed by atoms with van der Waals surface area (Å²) in [6.07, 6.45) is 0. The Morgan fingerprint density at radius 1 is 0.971 bits per heavy atom. The maximum absolute atomic E-state index is 13.4. The van der Waals surface area contributed by atoms with Gasteiger partial charge in [-0.05, 0) is 60.9 Å². The van der Waals surface area contributed by atoms with Gasteiger partial charge in [0.05, 0.1) is 16.1 Å². The highest BCUT2D eigenvalue weighted by molar-refractivity contribution is 7.92. The predicted molar refractivity (Wildman–Crippen MR) is 126 cm³/mol. The summed E-state index contributed by atoms with van der Waals surface area (Å²) in [5.74, 6) is -1.82. The number of sulfonamides is 1. The van der Waals surface area contributed by atoms with E-state index in [1.807, 2.05) is 31.2 Å². The summed E-state index contributed by atoms with van der Waals surface area (Å²) in [7, 11) is -2.49. The quantitative estimate of drug-likeness (QED) is 0.487. The molecule has 0 fully saturated rings. The molecule has 34 heavy (non-hydrogen) atoms. The summed E-state index contributed by atoms with van der Waals surface area (Å²) >= 11 is 0. The average molecular weight is 485 g/mol. The number of halogens is 1. The third kappa shape index (κ3) is 5.99. The summed E-state index contributed by atoms with van der Waals surface area (Å²) in [5.41, 5.74) is 2.16. The number of benzene rings is 3. The van der Waals surface area contributed by atoms with Crippen molar-refractivity contribution in [1.82, 2.24) is 4.90 Å². The lowest BCUT2D eigenvalue weighted by Crippen LogP contribution is -2.31. The lowest BCUT2D eigenvalue weighted by molar-refractivity contribution is -0.133. The Bertz CT molecular complexity index is 1320. The number of esters is 1. The summed E-state index contributed by atoms with van der Waals surface area (Å²) in [6, 6.07) is 16.8. The molecule has 1 amide bonds. The largest absolute Gasteiger partial charge is 0.452 e. The van der Waals surface area contributed by atoms with Gasteiger partial charge in [-0.15, -0.1) is 0 Å². The summed E-state index contributed by atoms with van der Waals surface area (Å²) < 4.78 is 46.5. The van der Waals surface area contributed by atoms with E-state index in [4.69, 9.17) is 4.74 Å². The predicted octanol–water partition coefficient (Wildman–Crippen LogP) is 4.06. The van der Waals surface area contributed by atoms with Gasteiger partial charge in [0.15, 0.2) is 6.61 Å². The van der Waals surface area contributed by atoms with Crippen LogP contribution in [0.4, 0.5) is 10.1 Å². The van der Waals surface area contributed by atoms with Crippen LogP contribution in [0.25, 0.3) is 0 Å². The normalized spacial score (nSPS) is 11.1. The highest BCUT2D eigenvalue weighted by Crippen LogP contribution is 2.23. The van der Waals surface area contributed by atoms with Gasteiger partial charge in [-0.1, -0.05) is 36.4 Å². The molecule has 0 saturated heterocycles. The van der Waals surface area contributed by atoms with Crippen LogP contribution in [0.2, 0.25) is 0 Å². The van der Waals surface area contributed by atoms with Gasteiger partial charge in [-0.3, -0.25) is 9.52 Å². The third-order valence-corrected chi connectivity index (χ3v) is 6.76. The Balaban J connectivity index is 1.69. The second-order valence-electron chi connectivity index (χ2n) is 7.81. The van der Waals surface area contributed by atoms with Crippen LogP contribution in [0.5, 0.6) is 0 Å². The molecule has 7 nitrogen and oxygen atoms in total. The molecule has 1 N–H and O–H groups in total. The molecule has 0 unspecified atom stereocenters. The van der Waals surface area contributed by atoms with E-state index in [2.05, 4.69) is 4.72 Å². The molecule has 0 spiro atoms. The van der Waals surface area contributed by atoms with Gasteiger partial charge < -0.3 is 9.64 Å². The molecule has 0 aliphatic carbocycles. The maximum Gasteiger partial charge on any atom is 0.340 e. The van der Waals surface area contributed by atoms with E-state index in [0.29, 0.717) is 6.54 Å². The number of para-hydroxylation sites is 1. The van der Waals surface area contributed by atoms with Crippen molar-refractivity contribution < 1.29 is 27.1 Å². The minimum atomic E-state index is -4.10. The first-order valence-corrected chi connectivity index (χ1v) is 11.9. The SMILES string of the molecule is Cc1ccccc1CN(C)C(=O)COC(=O)c1ccccc1NS(=O)(=O)c1ccc(F)cc1C. The zero-order chi connectivity index (χ0) is 24.9. The van der Waals surface area contributed by atoms with Crippen LogP contribution in [0, 0.1) is 19.7 Å². The number of nitrogens with one attached hydrogen (secondary N) is 1. The monoisotopic (exact) mass is 484 g/mol. The van der Waals surface area contributed by atoms with Crippen molar-refractivity contribution in [2.45, 2.75) is 25.3 Å². The zero-order valence-corrected chi connectivity index (χ0v) is 19.9. The highest BCUT2D eigenvalue weighted by atomic mass is 32.2. The molecule has 0 aromatic heterocycles. The smallest absolute Gasteiger partial charge is 0.340 e. The summed E-state index contributed by atoms with van der Waals surface area (Å²) in [4.78, 5) is 26.5. The van der Waals surface area contributed by atoms with Gasteiger partial charge in [0.2, 0.25) is 0 Å². The van der Waals surface area contributed by atoms with E-state index >= 15 is 0 Å². The van der Waals surface area contributed by atoms with E-state index in [1.54, 1.807) is 19.2 Å². The maximum atomic E-state index is 13.4. The Morgan fingerprint density at radius 2 is 1.65 bits per heavy atom. The van der Waals surface area contributed by atoms with Crippen molar-refractivity contribution >= 4 is 27.6 Å². The second-order valence-corrected chi connectivity index (χ2v) is 9.46. The first-order valence-electron chi connectivity index (χ1n) is 10.4. The van der Waals surface area contributed by atoms with E-state index < -0.39 is 34.3 Å². The number of amides is 1. The molecule has 0 saturated carbocycles. The number of anilines is 1. The number of ether oxygens (including phenoxy) is 1. The standard InChI is InChI=1S/C25H25FN2O5S/c1-17-8-4-5-9-19(17)15-28(3)24(29)16-33-25(30)21-10-6-7-11-22(21)27-34(31,32)23-13-12-20(26)14-18(23)2/h4-14,27H,15-16H2,1-3H3. The molecule has 0 aliphatic heterocycles. The molecule has 0 atom stereocenters. The molecule has 3 aromatic carbocycles. The van der Waals surface area contributed by atoms with Gasteiger partial charge in [0, 0.05) is 13.6 Å². The van der Waals surface area contributed by atoms with E-state index in [1.165, 1.54) is 24.0 Å². The van der Waals surface area contributed by atoms with Gasteiger partial charge in [0.1, 0.15) is 5.82 Å². The van der Waals surface area contributed by atoms with Crippen LogP contribution >= 0.6 is 0 Å². The number of hydrogen-bond donors (Lipinski definition) is 1. The van der Waals surface area contributed by atoms with E-state index in [0.717, 1.165) is 29.3 Å². The molecule has 0 radical (unpaired) electrons. The number of rotatable bonds is 8. The average Bonchev–Trinajstić information content (AvgIpc) is 2.78. The minimum absolute atomic E-state index is 0.0167. The van der Waals surface area contributed by atoms with Crippen molar-refractivity contribution in [2.75, 3.05) is 18.4 Å². The number of likely N-dealkylation sites (N-methyl/N-ethyl adjacent to an activating group) is 1. The number of carbonyl (C=O) groups is 2. The lowest BCUT2D eigenvalue weighted by atomic mass is 10.1. The summed E-state index contributed by atoms with van der Waals surface area (Å²) in [6.45, 7) is 3.27. The van der Waals surface area contributed by atoms with Gasteiger partial charge in [0.25, 0.3) is 15.9 Å². The lowest BCUT2D eigenvalue weighted by Gasteiger charge is -2.19. The van der Waals surface area contributed by atoms with Gasteiger partial charge in [-0.25, -0.2) is 17.6 Å². The highest BCUT2D eigenvalue weighted by Gasteiger charge is 2.22. The number of carbonyl (C=O) groups excluding carboxylic acids is 2. The first kappa shape index (κ1) is 24.9. The van der Waals surface area contributed by atoms with Crippen molar-refractivity contribution in [3.63, 3.8) is 0 Å². The third-order valence-electron chi connectivity index (χ3n) is 5.24. The molecule has 178 valence electrons. The van der Waals surface area contributed by atoms with Crippen molar-refractivity contribution in [2.24, 2.45) is 0 Å². The van der Waals surface area contributed by atoms with E-state index in [-0.39, 0.29) is 21.7 Å². The second kappa shape index (κ2) is 10.5. The van der Waals surface area contributed by atoms with Crippen LogP contribution in [0.3, 0.4) is 0 Å². The summed E-state index contributed by atoms with van der Waals surface area (Å²) in [5, 5.41) is 0. The van der Waals surface area contributed by atoms with Gasteiger partial charge >= 0.3 is 5.97 Å². The van der Waals surface area contributed by atoms with Gasteiger partial charge in [-0.2, -0.15) is 0 Å². The Morgan fingerprint density at radius 3 is 2.35 bits per heavy atom. The van der Waals surface area contributed by atoms with Crippen molar-refractivity contribution in [3.8, 4) is 0 Å². The molecule has 3 aromatic rings. The zero-order valence-electron chi connectivity index (χ0n) is 19.0. The number of hydrogen-bond acceptors (Lipinski definition) is 5. The van der Waals surface area contributed by atoms with Crippen LogP contribution in [-0.2, 0) is 26.1 Å². The molecule has 0 heterocycles. The fourth-order valence-corrected chi connectivity index (χ4v) is 4.62. The Labute approximate surface area is 198 Å². The molecule has 9 heteroatoms. The number of aryl methyl sites for hydroxylation is 2. The first-order chi connectivity index (χ1) is 16.1. The number of nitrogens with zero attached hydrogens (tertiary/aromatic N) is 1. The fraction of sp³-hybridized carbons (Fsp3) is 0.200. The Hall–Kier alpha value is -3.72. The van der Waals surface area contributed by atoms with Crippen molar-refractivity contribution in [3.05, 3.63) is 94.8 Å².